The number of amides is 1. The van der Waals surface area contributed by atoms with E-state index >= 15 is 0 Å². The maximum absolute atomic E-state index is 13.5. The summed E-state index contributed by atoms with van der Waals surface area (Å²) in [6, 6.07) is 13.2. The maximum Gasteiger partial charge on any atom is 0.295 e. The Balaban J connectivity index is 1.82. The Morgan fingerprint density at radius 1 is 1.00 bits per heavy atom. The molecular formula is C24H22N4O3. The van der Waals surface area contributed by atoms with Crippen LogP contribution in [0.5, 0.6) is 0 Å². The predicted molar refractivity (Wildman–Crippen MR) is 116 cm³/mol. The van der Waals surface area contributed by atoms with E-state index in [-0.39, 0.29) is 11.4 Å². The molecular weight excluding hydrogens is 392 g/mol. The first-order valence-corrected chi connectivity index (χ1v) is 10.00. The van der Waals surface area contributed by atoms with Gasteiger partial charge in [0, 0.05) is 18.0 Å². The monoisotopic (exact) mass is 414 g/mol. The molecule has 1 aliphatic rings. The van der Waals surface area contributed by atoms with Gasteiger partial charge in [-0.15, -0.1) is 5.10 Å². The number of rotatable bonds is 5. The maximum atomic E-state index is 13.5. The second-order valence-electron chi connectivity index (χ2n) is 7.76. The highest BCUT2D eigenvalue weighted by molar-refractivity contribution is 6.20. The van der Waals surface area contributed by atoms with E-state index in [9.17, 15) is 14.7 Å². The smallest absolute Gasteiger partial charge is 0.295 e. The van der Waals surface area contributed by atoms with Crippen molar-refractivity contribution in [2.75, 3.05) is 4.90 Å². The van der Waals surface area contributed by atoms with Crippen molar-refractivity contribution in [3.8, 4) is 0 Å². The third-order valence-electron chi connectivity index (χ3n) is 5.34. The lowest BCUT2D eigenvalue weighted by Gasteiger charge is -2.25. The Morgan fingerprint density at radius 2 is 1.68 bits per heavy atom. The van der Waals surface area contributed by atoms with E-state index in [4.69, 9.17) is 0 Å². The van der Waals surface area contributed by atoms with Gasteiger partial charge in [0.2, 0.25) is 0 Å². The Labute approximate surface area is 180 Å². The number of aliphatic hydroxyl groups is 1. The molecule has 3 aromatic rings. The first kappa shape index (κ1) is 20.4. The summed E-state index contributed by atoms with van der Waals surface area (Å²) in [6.07, 6.45) is 3.15. The number of aryl methyl sites for hydroxylation is 1. The van der Waals surface area contributed by atoms with Crippen LogP contribution in [-0.4, -0.2) is 32.0 Å². The standard InChI is InChI=1S/C24H22N4O3/c1-14(2)16-5-7-18(8-6-16)22(29)20-21(17-10-12-25-13-11-17)28(24(31)23(20)30)19-9-4-15(3)26-27-19/h4-14,21,30H,1-3H3. The van der Waals surface area contributed by atoms with Crippen LogP contribution in [0.15, 0.2) is 72.3 Å². The van der Waals surface area contributed by atoms with E-state index in [1.807, 2.05) is 12.1 Å². The average molecular weight is 414 g/mol. The Bertz CT molecular complexity index is 1150. The number of anilines is 1. The Hall–Kier alpha value is -3.87. The van der Waals surface area contributed by atoms with Gasteiger partial charge in [-0.25, -0.2) is 0 Å². The number of aliphatic hydroxyl groups excluding tert-OH is 1. The van der Waals surface area contributed by atoms with Crippen molar-refractivity contribution in [3.05, 3.63) is 94.6 Å². The molecule has 0 radical (unpaired) electrons. The van der Waals surface area contributed by atoms with Gasteiger partial charge >= 0.3 is 0 Å². The third-order valence-corrected chi connectivity index (χ3v) is 5.34. The average Bonchev–Trinajstić information content (AvgIpc) is 3.05. The molecule has 1 amide bonds. The fourth-order valence-corrected chi connectivity index (χ4v) is 3.63. The van der Waals surface area contributed by atoms with Gasteiger partial charge in [-0.05, 0) is 48.2 Å². The van der Waals surface area contributed by atoms with Crippen LogP contribution in [-0.2, 0) is 4.79 Å². The first-order valence-electron chi connectivity index (χ1n) is 10.00. The zero-order chi connectivity index (χ0) is 22.1. The molecule has 0 aliphatic carbocycles. The predicted octanol–water partition coefficient (Wildman–Crippen LogP) is 4.09. The van der Waals surface area contributed by atoms with Crippen LogP contribution in [0.1, 0.15) is 53.0 Å². The highest BCUT2D eigenvalue weighted by Gasteiger charge is 2.45. The molecule has 4 rings (SSSR count). The topological polar surface area (TPSA) is 96.3 Å². The van der Waals surface area contributed by atoms with Gasteiger partial charge in [-0.2, -0.15) is 5.10 Å². The largest absolute Gasteiger partial charge is 0.503 e. The summed E-state index contributed by atoms with van der Waals surface area (Å²) in [6.45, 7) is 5.93. The molecule has 31 heavy (non-hydrogen) atoms. The number of pyridine rings is 1. The Morgan fingerprint density at radius 3 is 2.26 bits per heavy atom. The zero-order valence-electron chi connectivity index (χ0n) is 17.5. The first-order chi connectivity index (χ1) is 14.9. The number of nitrogens with zero attached hydrogens (tertiary/aromatic N) is 4. The summed E-state index contributed by atoms with van der Waals surface area (Å²) in [4.78, 5) is 31.8. The van der Waals surface area contributed by atoms with E-state index in [2.05, 4.69) is 29.0 Å². The quantitative estimate of drug-likeness (QED) is 0.632. The lowest BCUT2D eigenvalue weighted by molar-refractivity contribution is -0.117. The molecule has 2 aromatic heterocycles. The number of Topliss-reactive ketones (excluding diaryl/α,β-unsaturated/α-hetero) is 1. The molecule has 0 saturated carbocycles. The summed E-state index contributed by atoms with van der Waals surface area (Å²) in [7, 11) is 0. The SMILES string of the molecule is Cc1ccc(N2C(=O)C(O)=C(C(=O)c3ccc(C(C)C)cc3)C2c2ccncc2)nn1. The van der Waals surface area contributed by atoms with E-state index in [1.54, 1.807) is 55.7 Å². The fraction of sp³-hybridized carbons (Fsp3) is 0.208. The van der Waals surface area contributed by atoms with Crippen LogP contribution >= 0.6 is 0 Å². The van der Waals surface area contributed by atoms with Crippen LogP contribution in [0.4, 0.5) is 5.82 Å². The Kier molecular flexibility index (Phi) is 5.33. The van der Waals surface area contributed by atoms with E-state index in [0.717, 1.165) is 5.56 Å². The second-order valence-corrected chi connectivity index (χ2v) is 7.76. The zero-order valence-corrected chi connectivity index (χ0v) is 17.5. The van der Waals surface area contributed by atoms with Crippen LogP contribution in [0.25, 0.3) is 0 Å². The van der Waals surface area contributed by atoms with Crippen molar-refractivity contribution in [3.63, 3.8) is 0 Å². The fourth-order valence-electron chi connectivity index (χ4n) is 3.63. The third kappa shape index (κ3) is 3.70. The molecule has 3 heterocycles. The number of hydrogen-bond donors (Lipinski definition) is 1. The van der Waals surface area contributed by atoms with E-state index in [0.29, 0.717) is 22.7 Å². The van der Waals surface area contributed by atoms with E-state index in [1.165, 1.54) is 4.90 Å². The number of aromatic nitrogens is 3. The lowest BCUT2D eigenvalue weighted by Crippen LogP contribution is -2.32. The van der Waals surface area contributed by atoms with Crippen LogP contribution in [0, 0.1) is 6.92 Å². The van der Waals surface area contributed by atoms with Crippen LogP contribution in [0.3, 0.4) is 0 Å². The van der Waals surface area contributed by atoms with Gasteiger partial charge in [-0.3, -0.25) is 19.5 Å². The molecule has 0 saturated heterocycles. The lowest BCUT2D eigenvalue weighted by atomic mass is 9.92. The van der Waals surface area contributed by atoms with Gasteiger partial charge in [0.25, 0.3) is 5.91 Å². The van der Waals surface area contributed by atoms with Crippen LogP contribution < -0.4 is 4.90 Å². The highest BCUT2D eigenvalue weighted by Crippen LogP contribution is 2.41. The summed E-state index contributed by atoms with van der Waals surface area (Å²) >= 11 is 0. The summed E-state index contributed by atoms with van der Waals surface area (Å²) in [5, 5.41) is 18.9. The number of carbonyl (C=O) groups is 2. The summed E-state index contributed by atoms with van der Waals surface area (Å²) < 4.78 is 0. The van der Waals surface area contributed by atoms with Gasteiger partial charge < -0.3 is 5.11 Å². The van der Waals surface area contributed by atoms with Gasteiger partial charge in [0.15, 0.2) is 17.4 Å². The van der Waals surface area contributed by atoms with Gasteiger partial charge in [0.1, 0.15) is 0 Å². The molecule has 0 fully saturated rings. The van der Waals surface area contributed by atoms with Crippen molar-refractivity contribution in [2.24, 2.45) is 0 Å². The molecule has 1 aliphatic heterocycles. The molecule has 0 bridgehead atoms. The van der Waals surface area contributed by atoms with Crippen molar-refractivity contribution < 1.29 is 14.7 Å². The molecule has 1 N–H and O–H groups in total. The summed E-state index contributed by atoms with van der Waals surface area (Å²) in [5.74, 6) is -1.11. The molecule has 7 nitrogen and oxygen atoms in total. The van der Waals surface area contributed by atoms with Crippen molar-refractivity contribution in [2.45, 2.75) is 32.7 Å². The second kappa shape index (κ2) is 8.10. The number of carbonyl (C=O) groups excluding carboxylic acids is 2. The van der Waals surface area contributed by atoms with Crippen molar-refractivity contribution >= 4 is 17.5 Å². The number of benzene rings is 1. The normalized spacial score (nSPS) is 16.3. The molecule has 0 spiro atoms. The molecule has 1 aromatic carbocycles. The minimum Gasteiger partial charge on any atom is -0.503 e. The molecule has 1 unspecified atom stereocenters. The van der Waals surface area contributed by atoms with Crippen molar-refractivity contribution in [1.82, 2.24) is 15.2 Å². The number of hydrogen-bond acceptors (Lipinski definition) is 6. The van der Waals surface area contributed by atoms with Gasteiger partial charge in [0.05, 0.1) is 17.3 Å². The summed E-state index contributed by atoms with van der Waals surface area (Å²) in [5.41, 5.74) is 2.83. The molecule has 1 atom stereocenters. The highest BCUT2D eigenvalue weighted by atomic mass is 16.3. The minimum absolute atomic E-state index is 0.0101. The van der Waals surface area contributed by atoms with Crippen LogP contribution in [0.2, 0.25) is 0 Å². The van der Waals surface area contributed by atoms with E-state index < -0.39 is 23.5 Å². The van der Waals surface area contributed by atoms with Gasteiger partial charge in [-0.1, -0.05) is 38.1 Å². The molecule has 156 valence electrons. The number of ketones is 1. The molecule has 7 heteroatoms. The van der Waals surface area contributed by atoms with Crippen molar-refractivity contribution in [1.29, 1.82) is 0 Å². The minimum atomic E-state index is -0.843.